The molecule has 20 nitrogen and oxygen atoms in total. The third-order valence-electron chi connectivity index (χ3n) is 6.91. The van der Waals surface area contributed by atoms with Crippen LogP contribution in [0.5, 0.6) is 0 Å². The van der Waals surface area contributed by atoms with E-state index in [-0.39, 0.29) is 44.4 Å². The van der Waals surface area contributed by atoms with E-state index in [1.807, 2.05) is 0 Å². The van der Waals surface area contributed by atoms with E-state index in [0.29, 0.717) is 159 Å². The topological polar surface area (TPSA) is 250 Å². The van der Waals surface area contributed by atoms with Crippen molar-refractivity contribution in [2.45, 2.75) is 38.1 Å². The summed E-state index contributed by atoms with van der Waals surface area (Å²) in [4.78, 5) is 22.5. The molecule has 2 amide bonds. The Labute approximate surface area is 325 Å². The van der Waals surface area contributed by atoms with Gasteiger partial charge < -0.3 is 87.9 Å². The fraction of sp³-hybridized carbons (Fsp3) is 0.943. The van der Waals surface area contributed by atoms with E-state index in [9.17, 15) is 24.9 Å². The number of amides is 2. The fourth-order valence-corrected chi connectivity index (χ4v) is 3.97. The van der Waals surface area contributed by atoms with Gasteiger partial charge in [-0.3, -0.25) is 9.59 Å². The Morgan fingerprint density at radius 2 is 0.727 bits per heavy atom. The normalized spacial score (nSPS) is 13.2. The van der Waals surface area contributed by atoms with E-state index < -0.39 is 18.3 Å². The lowest BCUT2D eigenvalue weighted by Crippen LogP contribution is -2.45. The Kier molecular flexibility index (Phi) is 42.1. The van der Waals surface area contributed by atoms with Gasteiger partial charge in [0.15, 0.2) is 0 Å². The molecule has 6 N–H and O–H groups in total. The van der Waals surface area contributed by atoms with Crippen LogP contribution in [0.1, 0.15) is 19.8 Å². The summed E-state index contributed by atoms with van der Waals surface area (Å²) in [5.74, 6) is -0.441. The van der Waals surface area contributed by atoms with E-state index in [1.165, 1.54) is 6.92 Å². The zero-order valence-corrected chi connectivity index (χ0v) is 32.7. The van der Waals surface area contributed by atoms with Gasteiger partial charge in [0.2, 0.25) is 11.8 Å². The molecule has 0 bridgehead atoms. The van der Waals surface area contributed by atoms with Gasteiger partial charge in [-0.25, -0.2) is 0 Å². The molecule has 55 heavy (non-hydrogen) atoms. The maximum Gasteiger partial charge on any atom is 0.222 e. The first-order valence-electron chi connectivity index (χ1n) is 19.0. The van der Waals surface area contributed by atoms with Crippen molar-refractivity contribution in [3.63, 3.8) is 0 Å². The van der Waals surface area contributed by atoms with Crippen molar-refractivity contribution >= 4 is 11.8 Å². The largest absolute Gasteiger partial charge is 0.396 e. The molecule has 0 aliphatic rings. The summed E-state index contributed by atoms with van der Waals surface area (Å²) in [6.07, 6.45) is -4.09. The van der Waals surface area contributed by atoms with Crippen LogP contribution in [0.25, 0.3) is 0 Å². The molecule has 0 radical (unpaired) electrons. The highest BCUT2D eigenvalue weighted by molar-refractivity contribution is 5.76. The Bertz CT molecular complexity index is 821. The number of carbonyl (C=O) groups is 2. The van der Waals surface area contributed by atoms with Gasteiger partial charge in [0.1, 0.15) is 6.10 Å². The van der Waals surface area contributed by atoms with Crippen molar-refractivity contribution in [2.24, 2.45) is 0 Å². The van der Waals surface area contributed by atoms with Crippen LogP contribution in [0, 0.1) is 0 Å². The molecule has 0 aliphatic carbocycles. The third kappa shape index (κ3) is 41.7. The second-order valence-electron chi connectivity index (χ2n) is 11.5. The first-order chi connectivity index (χ1) is 26.9. The maximum absolute atomic E-state index is 11.8. The molecule has 0 spiro atoms. The van der Waals surface area contributed by atoms with Crippen LogP contribution in [-0.4, -0.2) is 229 Å². The lowest BCUT2D eigenvalue weighted by atomic mass is 10.1. The molecule has 0 saturated heterocycles. The number of aliphatic hydroxyl groups excluding tert-OH is 4. The first kappa shape index (κ1) is 53.3. The van der Waals surface area contributed by atoms with Crippen molar-refractivity contribution < 1.29 is 86.9 Å². The highest BCUT2D eigenvalue weighted by atomic mass is 16.6. The van der Waals surface area contributed by atoms with Gasteiger partial charge in [-0.05, 0) is 6.42 Å². The predicted octanol–water partition coefficient (Wildman–Crippen LogP) is -2.71. The van der Waals surface area contributed by atoms with Crippen molar-refractivity contribution in [1.82, 2.24) is 10.6 Å². The summed E-state index contributed by atoms with van der Waals surface area (Å²) in [6.45, 7) is 11.9. The van der Waals surface area contributed by atoms with E-state index >= 15 is 0 Å². The van der Waals surface area contributed by atoms with Gasteiger partial charge in [-0.2, -0.15) is 0 Å². The minimum Gasteiger partial charge on any atom is -0.396 e. The van der Waals surface area contributed by atoms with Crippen LogP contribution < -0.4 is 10.6 Å². The molecule has 0 aliphatic heterocycles. The summed E-state index contributed by atoms with van der Waals surface area (Å²) >= 11 is 0. The first-order valence-corrected chi connectivity index (χ1v) is 19.0. The number of aliphatic hydroxyl groups is 4. The molecule has 0 rings (SSSR count). The highest BCUT2D eigenvalue weighted by Gasteiger charge is 2.24. The molecule has 20 heteroatoms. The molecule has 3 atom stereocenters. The molecular weight excluding hydrogens is 736 g/mol. The average Bonchev–Trinajstić information content (AvgIpc) is 3.17. The number of carbonyl (C=O) groups excluding carboxylic acids is 2. The van der Waals surface area contributed by atoms with Gasteiger partial charge in [-0.15, -0.1) is 0 Å². The van der Waals surface area contributed by atoms with E-state index in [0.717, 1.165) is 0 Å². The smallest absolute Gasteiger partial charge is 0.222 e. The number of nitrogens with one attached hydrogen (secondary N) is 2. The van der Waals surface area contributed by atoms with Gasteiger partial charge in [0.25, 0.3) is 0 Å². The van der Waals surface area contributed by atoms with Crippen molar-refractivity contribution in [1.29, 1.82) is 0 Å². The van der Waals surface area contributed by atoms with Crippen LogP contribution >= 0.6 is 0 Å². The van der Waals surface area contributed by atoms with Crippen LogP contribution in [-0.2, 0) is 66.4 Å². The third-order valence-corrected chi connectivity index (χ3v) is 6.91. The minimum absolute atomic E-state index is 0.0666. The summed E-state index contributed by atoms with van der Waals surface area (Å²) < 4.78 is 65.1. The molecule has 0 fully saturated rings. The van der Waals surface area contributed by atoms with E-state index in [1.54, 1.807) is 0 Å². The molecule has 3 unspecified atom stereocenters. The summed E-state index contributed by atoms with van der Waals surface area (Å²) in [5, 5.41) is 42.9. The second kappa shape index (κ2) is 43.4. The minimum atomic E-state index is -1.46. The molecule has 0 saturated carbocycles. The molecule has 328 valence electrons. The van der Waals surface area contributed by atoms with Crippen LogP contribution in [0.2, 0.25) is 0 Å². The van der Waals surface area contributed by atoms with Crippen LogP contribution in [0.15, 0.2) is 0 Å². The summed E-state index contributed by atoms with van der Waals surface area (Å²) in [6, 6.07) is 0. The Hall–Kier alpha value is -1.70. The van der Waals surface area contributed by atoms with Crippen LogP contribution in [0.3, 0.4) is 0 Å². The molecule has 0 heterocycles. The molecule has 0 aromatic carbocycles. The van der Waals surface area contributed by atoms with Gasteiger partial charge in [-0.1, -0.05) is 0 Å². The number of hydrogen-bond donors (Lipinski definition) is 6. The van der Waals surface area contributed by atoms with Crippen LogP contribution in [0.4, 0.5) is 0 Å². The molecular formula is C35H70N2O18. The summed E-state index contributed by atoms with van der Waals surface area (Å²) in [7, 11) is 0. The van der Waals surface area contributed by atoms with Crippen molar-refractivity contribution in [3.8, 4) is 0 Å². The monoisotopic (exact) mass is 806 g/mol. The van der Waals surface area contributed by atoms with Gasteiger partial charge in [0, 0.05) is 33.0 Å². The Balaban J connectivity index is 3.18. The van der Waals surface area contributed by atoms with Crippen molar-refractivity contribution in [2.75, 3.05) is 178 Å². The fourth-order valence-electron chi connectivity index (χ4n) is 3.97. The summed E-state index contributed by atoms with van der Waals surface area (Å²) in [5.41, 5.74) is 0. The number of rotatable bonds is 45. The maximum atomic E-state index is 11.8. The average molecular weight is 807 g/mol. The standard InChI is InChI=1S/C35H70N2O18/c1-31(39)36-4-7-45-9-11-47-13-15-49-17-19-51-21-23-53-25-27-55-29-28-54-26-24-52-22-20-50-18-16-48-14-12-46-10-8-44-6-3-34(42)37-30-33(41)35(43)32(40)2-5-38/h32-33,35,38,40-41,43H,2-30H2,1H3,(H,36,39)(H,37,42). The molecule has 0 aromatic rings. The van der Waals surface area contributed by atoms with E-state index in [2.05, 4.69) is 10.6 Å². The predicted molar refractivity (Wildman–Crippen MR) is 196 cm³/mol. The van der Waals surface area contributed by atoms with Gasteiger partial charge >= 0.3 is 0 Å². The number of ether oxygens (including phenoxy) is 12. The van der Waals surface area contributed by atoms with Gasteiger partial charge in [0.05, 0.1) is 171 Å². The Morgan fingerprint density at radius 1 is 0.436 bits per heavy atom. The SMILES string of the molecule is CC(=O)NCCOCCOCCOCCOCCOCCOCCOCCOCCOCCOCCOCCOCCC(=O)NCC(O)C(O)C(O)CCO. The quantitative estimate of drug-likeness (QED) is 0.0343. The number of hydrogen-bond acceptors (Lipinski definition) is 18. The zero-order chi connectivity index (χ0) is 40.3. The van der Waals surface area contributed by atoms with Crippen molar-refractivity contribution in [3.05, 3.63) is 0 Å². The Morgan fingerprint density at radius 3 is 1.02 bits per heavy atom. The lowest BCUT2D eigenvalue weighted by molar-refractivity contribution is -0.124. The second-order valence-corrected chi connectivity index (χ2v) is 11.5. The lowest BCUT2D eigenvalue weighted by Gasteiger charge is -2.22. The van der Waals surface area contributed by atoms with E-state index in [4.69, 9.17) is 61.9 Å². The molecule has 0 aromatic heterocycles. The zero-order valence-electron chi connectivity index (χ0n) is 32.7. The highest BCUT2D eigenvalue weighted by Crippen LogP contribution is 2.03.